The predicted octanol–water partition coefficient (Wildman–Crippen LogP) is 6.45. The first-order chi connectivity index (χ1) is 20.1. The Hall–Kier alpha value is -3.77. The van der Waals surface area contributed by atoms with Gasteiger partial charge in [0.25, 0.3) is 5.91 Å². The number of benzene rings is 1. The van der Waals surface area contributed by atoms with Crippen molar-refractivity contribution in [3.05, 3.63) is 61.2 Å². The summed E-state index contributed by atoms with van der Waals surface area (Å²) in [6, 6.07) is 4.10. The number of esters is 1. The molecule has 0 spiro atoms. The summed E-state index contributed by atoms with van der Waals surface area (Å²) in [5.41, 5.74) is 1.27. The Morgan fingerprint density at radius 2 is 1.74 bits per heavy atom. The van der Waals surface area contributed by atoms with Crippen molar-refractivity contribution >= 4 is 45.5 Å². The van der Waals surface area contributed by atoms with E-state index in [-0.39, 0.29) is 22.2 Å². The average Bonchev–Trinajstić information content (AvgIpc) is 3.60. The van der Waals surface area contributed by atoms with E-state index >= 15 is 0 Å². The van der Waals surface area contributed by atoms with E-state index in [4.69, 9.17) is 14.2 Å². The fourth-order valence-electron chi connectivity index (χ4n) is 4.77. The second kappa shape index (κ2) is 13.5. The number of rotatable bonds is 13. The van der Waals surface area contributed by atoms with Gasteiger partial charge in [0.15, 0.2) is 22.4 Å². The minimum atomic E-state index is -1.06. The molecule has 10 nitrogen and oxygen atoms in total. The summed E-state index contributed by atoms with van der Waals surface area (Å²) in [4.78, 5) is 50.8. The fraction of sp³-hybridized carbons (Fsp3) is 0.433. The first kappa shape index (κ1) is 31.2. The summed E-state index contributed by atoms with van der Waals surface area (Å²) in [7, 11) is 1.51. The minimum absolute atomic E-state index is 0.104. The molecule has 4 rings (SSSR count). The zero-order valence-electron chi connectivity index (χ0n) is 24.6. The number of carbonyl (C=O) groups excluding carboxylic acids is 3. The number of aliphatic hydroxyl groups is 1. The lowest BCUT2D eigenvalue weighted by atomic mass is 9.95. The summed E-state index contributed by atoms with van der Waals surface area (Å²) in [6.45, 7) is 9.68. The van der Waals surface area contributed by atoms with Crippen LogP contribution in [0.4, 0.5) is 5.13 Å². The summed E-state index contributed by atoms with van der Waals surface area (Å²) in [6.07, 6.45) is 4.21. The molecule has 0 bridgehead atoms. The molecular formula is C30H35N3O7S2. The molecule has 2 aromatic heterocycles. The van der Waals surface area contributed by atoms with E-state index in [9.17, 15) is 19.5 Å². The molecule has 42 heavy (non-hydrogen) atoms. The van der Waals surface area contributed by atoms with Crippen LogP contribution >= 0.6 is 22.7 Å². The molecule has 0 saturated carbocycles. The van der Waals surface area contributed by atoms with Gasteiger partial charge in [-0.2, -0.15) is 0 Å². The summed E-state index contributed by atoms with van der Waals surface area (Å²) in [5, 5.41) is 12.0. The highest BCUT2D eigenvalue weighted by atomic mass is 32.1. The Labute approximate surface area is 253 Å². The standard InChI is InChI=1S/C30H35N3O7S2/c1-7-9-10-11-14-40-20-13-12-19(15-21(20)38-6)23-22(24(34)26-16(3)31-18(5)41-26)25(35)28(36)33(23)30-32-17(4)27(42-30)29(37)39-8-2/h12-13,15,23,35H,7-11,14H2,1-6H3. The van der Waals surface area contributed by atoms with Gasteiger partial charge in [0.05, 0.1) is 53.2 Å². The molecule has 0 fully saturated rings. The Morgan fingerprint density at radius 1 is 1.00 bits per heavy atom. The summed E-state index contributed by atoms with van der Waals surface area (Å²) < 4.78 is 16.8. The zero-order chi connectivity index (χ0) is 30.6. The van der Waals surface area contributed by atoms with Crippen LogP contribution in [0.1, 0.15) is 86.9 Å². The number of ketones is 1. The van der Waals surface area contributed by atoms with Crippen LogP contribution in [0.2, 0.25) is 0 Å². The van der Waals surface area contributed by atoms with E-state index in [2.05, 4.69) is 16.9 Å². The highest BCUT2D eigenvalue weighted by molar-refractivity contribution is 7.17. The van der Waals surface area contributed by atoms with Gasteiger partial charge in [0.2, 0.25) is 5.78 Å². The smallest absolute Gasteiger partial charge is 0.350 e. The number of aromatic nitrogens is 2. The van der Waals surface area contributed by atoms with Crippen LogP contribution in [0.5, 0.6) is 11.5 Å². The van der Waals surface area contributed by atoms with E-state index in [0.29, 0.717) is 44.9 Å². The van der Waals surface area contributed by atoms with E-state index < -0.39 is 29.5 Å². The molecule has 3 heterocycles. The largest absolute Gasteiger partial charge is 0.503 e. The van der Waals surface area contributed by atoms with Gasteiger partial charge in [-0.15, -0.1) is 11.3 Å². The Kier molecular flexibility index (Phi) is 10.00. The van der Waals surface area contributed by atoms with E-state index in [0.717, 1.165) is 37.0 Å². The number of aryl methyl sites for hydroxylation is 3. The van der Waals surface area contributed by atoms with Gasteiger partial charge < -0.3 is 19.3 Å². The highest BCUT2D eigenvalue weighted by Gasteiger charge is 2.47. The number of methoxy groups -OCH3 is 1. The van der Waals surface area contributed by atoms with Crippen molar-refractivity contribution in [3.63, 3.8) is 0 Å². The Bertz CT molecular complexity index is 1520. The Morgan fingerprint density at radius 3 is 2.38 bits per heavy atom. The summed E-state index contributed by atoms with van der Waals surface area (Å²) >= 11 is 2.15. The molecule has 0 aliphatic carbocycles. The molecule has 12 heteroatoms. The highest BCUT2D eigenvalue weighted by Crippen LogP contribution is 2.46. The zero-order valence-corrected chi connectivity index (χ0v) is 26.2. The van der Waals surface area contributed by atoms with Gasteiger partial charge in [-0.3, -0.25) is 14.5 Å². The van der Waals surface area contributed by atoms with Gasteiger partial charge in [0.1, 0.15) is 4.88 Å². The number of anilines is 1. The maximum absolute atomic E-state index is 13.9. The first-order valence-corrected chi connectivity index (χ1v) is 15.5. The van der Waals surface area contributed by atoms with Crippen LogP contribution in [0.15, 0.2) is 29.5 Å². The number of aliphatic hydroxyl groups excluding tert-OH is 1. The van der Waals surface area contributed by atoms with Gasteiger partial charge >= 0.3 is 5.97 Å². The van der Waals surface area contributed by atoms with Crippen molar-refractivity contribution in [1.82, 2.24) is 9.97 Å². The lowest BCUT2D eigenvalue weighted by molar-refractivity contribution is -0.117. The summed E-state index contributed by atoms with van der Waals surface area (Å²) in [5.74, 6) is -1.61. The number of amides is 1. The van der Waals surface area contributed by atoms with Gasteiger partial charge in [0, 0.05) is 0 Å². The van der Waals surface area contributed by atoms with Crippen molar-refractivity contribution in [3.8, 4) is 11.5 Å². The maximum atomic E-state index is 13.9. The molecule has 1 aliphatic rings. The number of nitrogens with zero attached hydrogens (tertiary/aromatic N) is 3. The van der Waals surface area contributed by atoms with E-state index in [1.54, 1.807) is 45.9 Å². The molecule has 224 valence electrons. The number of hydrogen-bond donors (Lipinski definition) is 1. The third-order valence-electron chi connectivity index (χ3n) is 6.77. The van der Waals surface area contributed by atoms with Gasteiger partial charge in [-0.05, 0) is 51.8 Å². The van der Waals surface area contributed by atoms with Crippen molar-refractivity contribution in [1.29, 1.82) is 0 Å². The first-order valence-electron chi connectivity index (χ1n) is 13.8. The topological polar surface area (TPSA) is 128 Å². The normalized spacial score (nSPS) is 15.0. The Balaban J connectivity index is 1.80. The third-order valence-corrected chi connectivity index (χ3v) is 8.98. The minimum Gasteiger partial charge on any atom is -0.503 e. The van der Waals surface area contributed by atoms with Crippen LogP contribution in [0, 0.1) is 20.8 Å². The number of Topliss-reactive ketones (excluding diaryl/α,β-unsaturated/α-hetero) is 1. The molecule has 0 saturated heterocycles. The number of unbranched alkanes of at least 4 members (excludes halogenated alkanes) is 3. The molecule has 1 aromatic carbocycles. The second-order valence-electron chi connectivity index (χ2n) is 9.77. The van der Waals surface area contributed by atoms with Crippen LogP contribution < -0.4 is 14.4 Å². The van der Waals surface area contributed by atoms with Crippen molar-refractivity contribution < 1.29 is 33.7 Å². The number of hydrogen-bond acceptors (Lipinski definition) is 11. The van der Waals surface area contributed by atoms with Gasteiger partial charge in [-0.25, -0.2) is 14.8 Å². The van der Waals surface area contributed by atoms with Crippen molar-refractivity contribution in [2.75, 3.05) is 25.2 Å². The monoisotopic (exact) mass is 613 g/mol. The van der Waals surface area contributed by atoms with Crippen LogP contribution in [0.25, 0.3) is 0 Å². The maximum Gasteiger partial charge on any atom is 0.350 e. The van der Waals surface area contributed by atoms with Crippen molar-refractivity contribution in [2.45, 2.75) is 66.3 Å². The van der Waals surface area contributed by atoms with Crippen molar-refractivity contribution in [2.24, 2.45) is 0 Å². The fourth-order valence-corrected chi connectivity index (χ4v) is 6.63. The second-order valence-corrected chi connectivity index (χ2v) is 11.9. The third kappa shape index (κ3) is 6.19. The lowest BCUT2D eigenvalue weighted by Gasteiger charge is -2.25. The molecule has 0 radical (unpaired) electrons. The average molecular weight is 614 g/mol. The number of thiazole rings is 2. The molecule has 1 N–H and O–H groups in total. The van der Waals surface area contributed by atoms with E-state index in [1.807, 2.05) is 0 Å². The predicted molar refractivity (Wildman–Crippen MR) is 161 cm³/mol. The molecule has 1 aliphatic heterocycles. The quantitative estimate of drug-likeness (QED) is 0.131. The molecule has 1 amide bonds. The van der Waals surface area contributed by atoms with E-state index in [1.165, 1.54) is 23.3 Å². The SMILES string of the molecule is CCCCCCOc1ccc(C2C(C(=O)c3sc(C)nc3C)=C(O)C(=O)N2c2nc(C)c(C(=O)OCC)s2)cc1OC. The lowest BCUT2D eigenvalue weighted by Crippen LogP contribution is -2.31. The molecule has 1 unspecified atom stereocenters. The number of ether oxygens (including phenoxy) is 3. The molecule has 1 atom stereocenters. The van der Waals surface area contributed by atoms with Crippen LogP contribution in [-0.4, -0.2) is 53.1 Å². The number of carbonyl (C=O) groups is 3. The van der Waals surface area contributed by atoms with Crippen LogP contribution in [-0.2, 0) is 9.53 Å². The van der Waals surface area contributed by atoms with Gasteiger partial charge in [-0.1, -0.05) is 43.6 Å². The molecule has 3 aromatic rings. The van der Waals surface area contributed by atoms with Crippen LogP contribution in [0.3, 0.4) is 0 Å². The molecular weight excluding hydrogens is 578 g/mol.